The molecule has 1 aromatic carbocycles. The Morgan fingerprint density at radius 3 is 2.84 bits per heavy atom. The Hall–Kier alpha value is -2.78. The fourth-order valence-corrected chi connectivity index (χ4v) is 2.99. The number of para-hydroxylation sites is 1. The van der Waals surface area contributed by atoms with E-state index in [4.69, 9.17) is 15.0 Å². The van der Waals surface area contributed by atoms with Crippen molar-refractivity contribution < 1.29 is 14.1 Å². The third-order valence-electron chi connectivity index (χ3n) is 3.49. The zero-order chi connectivity index (χ0) is 17.8. The van der Waals surface area contributed by atoms with E-state index < -0.39 is 6.04 Å². The Bertz CT molecular complexity index is 876. The van der Waals surface area contributed by atoms with E-state index in [2.05, 4.69) is 20.4 Å². The first-order chi connectivity index (χ1) is 12.1. The van der Waals surface area contributed by atoms with E-state index in [1.165, 1.54) is 11.3 Å². The molecule has 3 N–H and O–H groups in total. The van der Waals surface area contributed by atoms with Crippen LogP contribution < -0.4 is 15.8 Å². The Morgan fingerprint density at radius 2 is 2.20 bits per heavy atom. The van der Waals surface area contributed by atoms with Crippen LogP contribution in [0.15, 0.2) is 34.2 Å². The predicted octanol–water partition coefficient (Wildman–Crippen LogP) is 1.82. The van der Waals surface area contributed by atoms with Crippen LogP contribution in [-0.4, -0.2) is 28.1 Å². The quantitative estimate of drug-likeness (QED) is 0.689. The number of ether oxygens (including phenoxy) is 1. The van der Waals surface area contributed by atoms with Gasteiger partial charge < -0.3 is 20.3 Å². The van der Waals surface area contributed by atoms with E-state index in [1.54, 1.807) is 25.5 Å². The standard InChI is InChI=1S/C16H17N5O3S/c1-9-18-15(21-24-9)14(10-5-3-4-6-12(10)23-2)20-16(22)11-8-25-13(7-17)19-11/h3-6,8,14H,7,17H2,1-2H3,(H,20,22). The number of benzene rings is 1. The fraction of sp³-hybridized carbons (Fsp3) is 0.250. The highest BCUT2D eigenvalue weighted by Gasteiger charge is 2.26. The first-order valence-electron chi connectivity index (χ1n) is 7.50. The van der Waals surface area contributed by atoms with Crippen molar-refractivity contribution in [3.05, 3.63) is 57.6 Å². The normalized spacial score (nSPS) is 12.0. The lowest BCUT2D eigenvalue weighted by Crippen LogP contribution is -2.30. The summed E-state index contributed by atoms with van der Waals surface area (Å²) in [6, 6.07) is 6.69. The van der Waals surface area contributed by atoms with Crippen molar-refractivity contribution in [1.29, 1.82) is 0 Å². The highest BCUT2D eigenvalue weighted by atomic mass is 32.1. The number of carbonyl (C=O) groups excluding carboxylic acids is 1. The fourth-order valence-electron chi connectivity index (χ4n) is 2.33. The molecule has 0 fully saturated rings. The van der Waals surface area contributed by atoms with Crippen molar-refractivity contribution in [1.82, 2.24) is 20.4 Å². The Labute approximate surface area is 148 Å². The second kappa shape index (κ2) is 7.41. The van der Waals surface area contributed by atoms with Gasteiger partial charge in [0.15, 0.2) is 5.82 Å². The van der Waals surface area contributed by atoms with Crippen LogP contribution in [0, 0.1) is 6.92 Å². The summed E-state index contributed by atoms with van der Waals surface area (Å²) < 4.78 is 10.5. The Morgan fingerprint density at radius 1 is 1.40 bits per heavy atom. The highest BCUT2D eigenvalue weighted by molar-refractivity contribution is 7.09. The summed E-state index contributed by atoms with van der Waals surface area (Å²) in [6.45, 7) is 1.98. The van der Waals surface area contributed by atoms with Crippen molar-refractivity contribution in [2.75, 3.05) is 7.11 Å². The minimum absolute atomic E-state index is 0.290. The van der Waals surface area contributed by atoms with Crippen molar-refractivity contribution in [2.24, 2.45) is 5.73 Å². The minimum atomic E-state index is -0.635. The van der Waals surface area contributed by atoms with E-state index in [-0.39, 0.29) is 12.5 Å². The number of thiazole rings is 1. The number of carbonyl (C=O) groups is 1. The maximum Gasteiger partial charge on any atom is 0.271 e. The first-order valence-corrected chi connectivity index (χ1v) is 8.38. The van der Waals surface area contributed by atoms with Crippen LogP contribution in [0.5, 0.6) is 5.75 Å². The van der Waals surface area contributed by atoms with Crippen LogP contribution in [0.2, 0.25) is 0 Å². The molecular formula is C16H17N5O3S. The molecule has 0 saturated heterocycles. The molecule has 0 radical (unpaired) electrons. The molecular weight excluding hydrogens is 342 g/mol. The smallest absolute Gasteiger partial charge is 0.271 e. The van der Waals surface area contributed by atoms with E-state index in [0.717, 1.165) is 0 Å². The summed E-state index contributed by atoms with van der Waals surface area (Å²) in [5, 5.41) is 9.19. The van der Waals surface area contributed by atoms with Crippen LogP contribution in [0.1, 0.15) is 38.8 Å². The largest absolute Gasteiger partial charge is 0.496 e. The zero-order valence-electron chi connectivity index (χ0n) is 13.7. The monoisotopic (exact) mass is 359 g/mol. The van der Waals surface area contributed by atoms with Gasteiger partial charge in [-0.15, -0.1) is 11.3 Å². The molecule has 1 unspecified atom stereocenters. The second-order valence-electron chi connectivity index (χ2n) is 5.15. The van der Waals surface area contributed by atoms with Crippen LogP contribution in [0.3, 0.4) is 0 Å². The molecule has 0 spiro atoms. The third kappa shape index (κ3) is 3.67. The molecule has 0 aliphatic rings. The second-order valence-corrected chi connectivity index (χ2v) is 6.09. The number of nitrogens with two attached hydrogens (primary N) is 1. The first kappa shape index (κ1) is 17.1. The van der Waals surface area contributed by atoms with Crippen molar-refractivity contribution >= 4 is 17.2 Å². The lowest BCUT2D eigenvalue weighted by molar-refractivity contribution is 0.0936. The maximum atomic E-state index is 12.6. The number of nitrogens with zero attached hydrogens (tertiary/aromatic N) is 3. The summed E-state index contributed by atoms with van der Waals surface area (Å²) in [6.07, 6.45) is 0. The molecule has 130 valence electrons. The van der Waals surface area contributed by atoms with Crippen LogP contribution >= 0.6 is 11.3 Å². The molecule has 3 rings (SSSR count). The van der Waals surface area contributed by atoms with Crippen LogP contribution in [0.25, 0.3) is 0 Å². The number of amides is 1. The molecule has 1 amide bonds. The van der Waals surface area contributed by atoms with Crippen LogP contribution in [-0.2, 0) is 6.54 Å². The number of nitrogens with one attached hydrogen (secondary N) is 1. The van der Waals surface area contributed by atoms with Gasteiger partial charge in [-0.25, -0.2) is 4.98 Å². The van der Waals surface area contributed by atoms with Gasteiger partial charge in [0.2, 0.25) is 5.89 Å². The van der Waals surface area contributed by atoms with Gasteiger partial charge in [0.1, 0.15) is 22.5 Å². The van der Waals surface area contributed by atoms with E-state index >= 15 is 0 Å². The van der Waals surface area contributed by atoms with Crippen molar-refractivity contribution in [3.63, 3.8) is 0 Å². The predicted molar refractivity (Wildman–Crippen MR) is 91.3 cm³/mol. The molecule has 2 aromatic heterocycles. The van der Waals surface area contributed by atoms with E-state index in [0.29, 0.717) is 33.7 Å². The maximum absolute atomic E-state index is 12.6. The number of aryl methyl sites for hydroxylation is 1. The molecule has 0 aliphatic heterocycles. The molecule has 3 aromatic rings. The summed E-state index contributed by atoms with van der Waals surface area (Å²) in [4.78, 5) is 21.1. The number of rotatable bonds is 6. The lowest BCUT2D eigenvalue weighted by Gasteiger charge is -2.18. The van der Waals surface area contributed by atoms with Gasteiger partial charge in [0.25, 0.3) is 5.91 Å². The van der Waals surface area contributed by atoms with Gasteiger partial charge in [-0.3, -0.25) is 4.79 Å². The molecule has 0 aliphatic carbocycles. The zero-order valence-corrected chi connectivity index (χ0v) is 14.5. The highest BCUT2D eigenvalue weighted by Crippen LogP contribution is 2.29. The van der Waals surface area contributed by atoms with Gasteiger partial charge in [-0.1, -0.05) is 23.4 Å². The SMILES string of the molecule is COc1ccccc1C(NC(=O)c1csc(CN)n1)c1noc(C)n1. The van der Waals surface area contributed by atoms with E-state index in [1.807, 2.05) is 18.2 Å². The molecule has 0 bridgehead atoms. The summed E-state index contributed by atoms with van der Waals surface area (Å²) >= 11 is 1.34. The van der Waals surface area contributed by atoms with Gasteiger partial charge in [-0.2, -0.15) is 4.98 Å². The molecule has 0 saturated carbocycles. The lowest BCUT2D eigenvalue weighted by atomic mass is 10.0. The van der Waals surface area contributed by atoms with Gasteiger partial charge in [0, 0.05) is 24.4 Å². The van der Waals surface area contributed by atoms with Gasteiger partial charge in [-0.05, 0) is 6.07 Å². The summed E-state index contributed by atoms with van der Waals surface area (Å²) in [5.41, 5.74) is 6.57. The van der Waals surface area contributed by atoms with Gasteiger partial charge in [0.05, 0.1) is 7.11 Å². The van der Waals surface area contributed by atoms with Gasteiger partial charge >= 0.3 is 0 Å². The van der Waals surface area contributed by atoms with E-state index in [9.17, 15) is 4.79 Å². The molecule has 2 heterocycles. The number of hydrogen-bond donors (Lipinski definition) is 2. The molecule has 8 nitrogen and oxygen atoms in total. The van der Waals surface area contributed by atoms with Crippen LogP contribution in [0.4, 0.5) is 0 Å². The number of methoxy groups -OCH3 is 1. The van der Waals surface area contributed by atoms with Crippen molar-refractivity contribution in [3.8, 4) is 5.75 Å². The Balaban J connectivity index is 1.95. The molecule has 9 heteroatoms. The topological polar surface area (TPSA) is 116 Å². The summed E-state index contributed by atoms with van der Waals surface area (Å²) in [7, 11) is 1.56. The average Bonchev–Trinajstić information content (AvgIpc) is 3.28. The minimum Gasteiger partial charge on any atom is -0.496 e. The number of hydrogen-bond acceptors (Lipinski definition) is 8. The summed E-state index contributed by atoms with van der Waals surface area (Å²) in [5.74, 6) is 0.998. The number of aromatic nitrogens is 3. The molecule has 1 atom stereocenters. The van der Waals surface area contributed by atoms with Crippen molar-refractivity contribution in [2.45, 2.75) is 19.5 Å². The average molecular weight is 359 g/mol. The third-order valence-corrected chi connectivity index (χ3v) is 4.36. The molecule has 25 heavy (non-hydrogen) atoms. The Kier molecular flexibility index (Phi) is 5.05.